The first-order valence-corrected chi connectivity index (χ1v) is 6.24. The van der Waals surface area contributed by atoms with E-state index in [0.717, 1.165) is 13.1 Å². The van der Waals surface area contributed by atoms with Gasteiger partial charge in [-0.1, -0.05) is 0 Å². The molecule has 1 heterocycles. The first kappa shape index (κ1) is 14.9. The number of hydrogen-bond donors (Lipinski definition) is 2. The van der Waals surface area contributed by atoms with Crippen LogP contribution in [0.15, 0.2) is 0 Å². The lowest BCUT2D eigenvalue weighted by molar-refractivity contribution is -0.126. The number of urea groups is 1. The Labute approximate surface area is 108 Å². The molecule has 6 nitrogen and oxygen atoms in total. The molecule has 0 aliphatic carbocycles. The zero-order valence-corrected chi connectivity index (χ0v) is 11.6. The number of hydrogen-bond acceptors (Lipinski definition) is 4. The van der Waals surface area contributed by atoms with Crippen LogP contribution in [-0.2, 0) is 9.53 Å². The molecule has 3 amide bonds. The monoisotopic (exact) mass is 257 g/mol. The molecule has 2 N–H and O–H groups in total. The zero-order valence-electron chi connectivity index (χ0n) is 11.6. The third-order valence-corrected chi connectivity index (χ3v) is 2.70. The molecule has 6 heteroatoms. The molecule has 18 heavy (non-hydrogen) atoms. The molecule has 1 fully saturated rings. The Morgan fingerprint density at radius 2 is 1.78 bits per heavy atom. The summed E-state index contributed by atoms with van der Waals surface area (Å²) in [6.07, 6.45) is 0. The average Bonchev–Trinajstić information content (AvgIpc) is 2.26. The molecule has 104 valence electrons. The maximum absolute atomic E-state index is 11.9. The molecule has 0 aromatic carbocycles. The Morgan fingerprint density at radius 3 is 2.28 bits per heavy atom. The molecule has 1 rings (SSSR count). The van der Waals surface area contributed by atoms with Gasteiger partial charge in [0.25, 0.3) is 0 Å². The molecule has 0 saturated carbocycles. The highest BCUT2D eigenvalue weighted by atomic mass is 16.5. The van der Waals surface area contributed by atoms with E-state index in [1.54, 1.807) is 6.92 Å². The van der Waals surface area contributed by atoms with Crippen LogP contribution in [0, 0.1) is 0 Å². The topological polar surface area (TPSA) is 70.7 Å². The molecule has 0 radical (unpaired) electrons. The minimum Gasteiger partial charge on any atom is -0.379 e. The largest absolute Gasteiger partial charge is 0.379 e. The molecule has 1 aliphatic heterocycles. The van der Waals surface area contributed by atoms with Crippen LogP contribution in [-0.4, -0.2) is 54.7 Å². The minimum absolute atomic E-state index is 0.279. The number of carbonyl (C=O) groups excluding carboxylic acids is 2. The van der Waals surface area contributed by atoms with Gasteiger partial charge in [0.15, 0.2) is 0 Å². The summed E-state index contributed by atoms with van der Waals surface area (Å²) in [6.45, 7) is 10.1. The number of nitrogens with zero attached hydrogens (tertiary/aromatic N) is 1. The van der Waals surface area contributed by atoms with Gasteiger partial charge >= 0.3 is 6.03 Å². The zero-order chi connectivity index (χ0) is 13.8. The van der Waals surface area contributed by atoms with Gasteiger partial charge in [-0.05, 0) is 27.7 Å². The Kier molecular flexibility index (Phi) is 5.10. The van der Waals surface area contributed by atoms with Crippen molar-refractivity contribution in [3.05, 3.63) is 0 Å². The van der Waals surface area contributed by atoms with Gasteiger partial charge in [0.2, 0.25) is 5.91 Å². The van der Waals surface area contributed by atoms with E-state index in [4.69, 9.17) is 4.74 Å². The van der Waals surface area contributed by atoms with E-state index in [1.807, 2.05) is 25.7 Å². The minimum atomic E-state index is -0.451. The van der Waals surface area contributed by atoms with Crippen LogP contribution in [0.4, 0.5) is 4.79 Å². The molecule has 1 unspecified atom stereocenters. The fourth-order valence-electron chi connectivity index (χ4n) is 1.72. The van der Waals surface area contributed by atoms with Gasteiger partial charge in [-0.2, -0.15) is 0 Å². The Morgan fingerprint density at radius 1 is 1.22 bits per heavy atom. The van der Waals surface area contributed by atoms with Crippen molar-refractivity contribution in [1.29, 1.82) is 0 Å². The maximum atomic E-state index is 11.9. The number of nitrogens with one attached hydrogen (secondary N) is 2. The van der Waals surface area contributed by atoms with E-state index in [9.17, 15) is 9.59 Å². The molecular weight excluding hydrogens is 234 g/mol. The van der Waals surface area contributed by atoms with Crippen molar-refractivity contribution in [3.63, 3.8) is 0 Å². The third kappa shape index (κ3) is 5.01. The normalized spacial score (nSPS) is 19.1. The van der Waals surface area contributed by atoms with Gasteiger partial charge in [0.1, 0.15) is 0 Å². The van der Waals surface area contributed by atoms with Crippen molar-refractivity contribution in [2.24, 2.45) is 0 Å². The van der Waals surface area contributed by atoms with Crippen LogP contribution in [0.5, 0.6) is 0 Å². The lowest BCUT2D eigenvalue weighted by Crippen LogP contribution is -2.54. The molecular formula is C12H23N3O3. The number of carbonyl (C=O) groups is 2. The van der Waals surface area contributed by atoms with Crippen molar-refractivity contribution in [3.8, 4) is 0 Å². The lowest BCUT2D eigenvalue weighted by Gasteiger charge is -2.31. The van der Waals surface area contributed by atoms with Gasteiger partial charge < -0.3 is 10.1 Å². The molecule has 1 aliphatic rings. The molecule has 0 aromatic rings. The van der Waals surface area contributed by atoms with Crippen LogP contribution in [0.3, 0.4) is 0 Å². The number of amides is 3. The summed E-state index contributed by atoms with van der Waals surface area (Å²) in [5.41, 5.74) is -0.355. The van der Waals surface area contributed by atoms with Crippen LogP contribution in [0.2, 0.25) is 0 Å². The second-order valence-corrected chi connectivity index (χ2v) is 5.52. The van der Waals surface area contributed by atoms with Crippen LogP contribution < -0.4 is 10.6 Å². The van der Waals surface area contributed by atoms with Crippen LogP contribution >= 0.6 is 0 Å². The summed E-state index contributed by atoms with van der Waals surface area (Å²) >= 11 is 0. The highest BCUT2D eigenvalue weighted by Gasteiger charge is 2.25. The Hall–Kier alpha value is -1.14. The number of imide groups is 1. The van der Waals surface area contributed by atoms with E-state index < -0.39 is 6.03 Å². The SMILES string of the molecule is CC(C(=O)NC(=O)NC(C)(C)C)N1CCOCC1. The van der Waals surface area contributed by atoms with Gasteiger partial charge in [-0.15, -0.1) is 0 Å². The molecule has 1 atom stereocenters. The Balaban J connectivity index is 2.41. The number of rotatable bonds is 2. The lowest BCUT2D eigenvalue weighted by atomic mass is 10.1. The second kappa shape index (κ2) is 6.15. The fraction of sp³-hybridized carbons (Fsp3) is 0.833. The molecule has 0 aromatic heterocycles. The maximum Gasteiger partial charge on any atom is 0.321 e. The highest BCUT2D eigenvalue weighted by Crippen LogP contribution is 2.04. The number of ether oxygens (including phenoxy) is 1. The van der Waals surface area contributed by atoms with Crippen LogP contribution in [0.1, 0.15) is 27.7 Å². The summed E-state index contributed by atoms with van der Waals surface area (Å²) in [5, 5.41) is 5.06. The van der Waals surface area contributed by atoms with Crippen LogP contribution in [0.25, 0.3) is 0 Å². The summed E-state index contributed by atoms with van der Waals surface area (Å²) < 4.78 is 5.22. The smallest absolute Gasteiger partial charge is 0.321 e. The molecule has 0 spiro atoms. The van der Waals surface area contributed by atoms with E-state index >= 15 is 0 Å². The third-order valence-electron chi connectivity index (χ3n) is 2.70. The molecule has 0 bridgehead atoms. The molecule has 1 saturated heterocycles. The standard InChI is InChI=1S/C12H23N3O3/c1-9(15-5-7-18-8-6-15)10(16)13-11(17)14-12(2,3)4/h9H,5-8H2,1-4H3,(H2,13,14,16,17). The van der Waals surface area contributed by atoms with Crippen molar-refractivity contribution >= 4 is 11.9 Å². The van der Waals surface area contributed by atoms with Gasteiger partial charge in [0, 0.05) is 18.6 Å². The summed E-state index contributed by atoms with van der Waals surface area (Å²) in [7, 11) is 0. The van der Waals surface area contributed by atoms with Gasteiger partial charge in [-0.3, -0.25) is 15.0 Å². The summed E-state index contributed by atoms with van der Waals surface area (Å²) in [5.74, 6) is -0.279. The quantitative estimate of drug-likeness (QED) is 0.748. The van der Waals surface area contributed by atoms with Crippen molar-refractivity contribution in [1.82, 2.24) is 15.5 Å². The first-order chi connectivity index (χ1) is 8.29. The fourth-order valence-corrected chi connectivity index (χ4v) is 1.72. The number of morpholine rings is 1. The van der Waals surface area contributed by atoms with E-state index in [2.05, 4.69) is 10.6 Å². The summed E-state index contributed by atoms with van der Waals surface area (Å²) in [6, 6.07) is -0.771. The Bertz CT molecular complexity index is 306. The van der Waals surface area contributed by atoms with Gasteiger partial charge in [0.05, 0.1) is 19.3 Å². The van der Waals surface area contributed by atoms with E-state index in [0.29, 0.717) is 13.2 Å². The van der Waals surface area contributed by atoms with Gasteiger partial charge in [-0.25, -0.2) is 4.79 Å². The van der Waals surface area contributed by atoms with E-state index in [-0.39, 0.29) is 17.5 Å². The first-order valence-electron chi connectivity index (χ1n) is 6.24. The second-order valence-electron chi connectivity index (χ2n) is 5.52. The van der Waals surface area contributed by atoms with E-state index in [1.165, 1.54) is 0 Å². The average molecular weight is 257 g/mol. The van der Waals surface area contributed by atoms with Crippen molar-refractivity contribution in [2.45, 2.75) is 39.3 Å². The predicted octanol–water partition coefficient (Wildman–Crippen LogP) is 0.331. The highest BCUT2D eigenvalue weighted by molar-refractivity contribution is 5.97. The van der Waals surface area contributed by atoms with Crippen molar-refractivity contribution < 1.29 is 14.3 Å². The van der Waals surface area contributed by atoms with Crippen molar-refractivity contribution in [2.75, 3.05) is 26.3 Å². The predicted molar refractivity (Wildman–Crippen MR) is 68.3 cm³/mol. The summed E-state index contributed by atoms with van der Waals surface area (Å²) in [4.78, 5) is 25.5.